The fourth-order valence-electron chi connectivity index (χ4n) is 0.837. The molecule has 0 radical (unpaired) electrons. The molecule has 0 aromatic rings. The summed E-state index contributed by atoms with van der Waals surface area (Å²) in [7, 11) is -3.90. The van der Waals surface area contributed by atoms with Gasteiger partial charge in [0.25, 0.3) is 0 Å². The number of carboxylic acid groups (broad SMARTS) is 1. The molecule has 0 bridgehead atoms. The molecule has 100 valence electrons. The zero-order valence-corrected chi connectivity index (χ0v) is 11.0. The van der Waals surface area contributed by atoms with Crippen LogP contribution in [0.3, 0.4) is 0 Å². The molecule has 0 spiro atoms. The predicted molar refractivity (Wildman–Crippen MR) is 60.8 cm³/mol. The smallest absolute Gasteiger partial charge is 0.327 e. The maximum Gasteiger partial charge on any atom is 0.327 e. The Morgan fingerprint density at radius 2 is 1.71 bits per heavy atom. The maximum atomic E-state index is 11.3. The number of hydrogen-bond acceptors (Lipinski definition) is 5. The third kappa shape index (κ3) is 7.73. The van der Waals surface area contributed by atoms with Gasteiger partial charge < -0.3 is 9.29 Å². The minimum absolute atomic E-state index is 0.0945. The second-order valence-electron chi connectivity index (χ2n) is 4.73. The summed E-state index contributed by atoms with van der Waals surface area (Å²) in [5.41, 5.74) is -0.881. The Bertz CT molecular complexity index is 376. The first-order valence-corrected chi connectivity index (χ1v) is 6.81. The van der Waals surface area contributed by atoms with Crippen molar-refractivity contribution < 1.29 is 27.3 Å². The minimum atomic E-state index is -3.90. The van der Waals surface area contributed by atoms with Crippen molar-refractivity contribution in [1.29, 1.82) is 0 Å². The van der Waals surface area contributed by atoms with Crippen LogP contribution in [0.15, 0.2) is 0 Å². The number of unbranched alkanes of at least 4 members (excludes halogenated alkanes) is 1. The summed E-state index contributed by atoms with van der Waals surface area (Å²) < 4.78 is 27.1. The van der Waals surface area contributed by atoms with Gasteiger partial charge in [-0.05, 0) is 33.6 Å². The highest BCUT2D eigenvalue weighted by atomic mass is 32.2. The molecule has 1 N–H and O–H groups in total. The fraction of sp³-hybridized carbons (Fsp3) is 0.800. The van der Waals surface area contributed by atoms with E-state index in [1.54, 1.807) is 20.8 Å². The molecule has 0 aromatic heterocycles. The van der Waals surface area contributed by atoms with Crippen LogP contribution in [0.2, 0.25) is 0 Å². The Balaban J connectivity index is 4.14. The molecular formula is C10H18O6S. The number of rotatable bonds is 6. The van der Waals surface area contributed by atoms with Gasteiger partial charge in [0.15, 0.2) is 0 Å². The first kappa shape index (κ1) is 15.9. The van der Waals surface area contributed by atoms with Gasteiger partial charge in [-0.3, -0.25) is 9.59 Å². The van der Waals surface area contributed by atoms with E-state index in [0.29, 0.717) is 0 Å². The standard InChI is InChI=1S/C10H18O6S/c1-10(2,3)9(13)16-17(14,15)7-5-4-6-8(11)12/h4-7H2,1-3H3,(H,11,12). The predicted octanol–water partition coefficient (Wildman–Crippen LogP) is 1.16. The molecule has 17 heavy (non-hydrogen) atoms. The van der Waals surface area contributed by atoms with Gasteiger partial charge in [-0.1, -0.05) is 0 Å². The van der Waals surface area contributed by atoms with Crippen LogP contribution < -0.4 is 0 Å². The van der Waals surface area contributed by atoms with Gasteiger partial charge in [0.1, 0.15) is 0 Å². The van der Waals surface area contributed by atoms with E-state index in [1.165, 1.54) is 0 Å². The summed E-state index contributed by atoms with van der Waals surface area (Å²) in [5, 5.41) is 8.36. The summed E-state index contributed by atoms with van der Waals surface area (Å²) in [6.07, 6.45) is 0.302. The first-order chi connectivity index (χ1) is 7.54. The van der Waals surface area contributed by atoms with Crippen LogP contribution in [-0.4, -0.2) is 31.2 Å². The number of carboxylic acids is 1. The lowest BCUT2D eigenvalue weighted by atomic mass is 9.98. The number of carbonyl (C=O) groups excluding carboxylic acids is 1. The van der Waals surface area contributed by atoms with Crippen LogP contribution in [0, 0.1) is 5.41 Å². The molecule has 0 heterocycles. The molecule has 6 nitrogen and oxygen atoms in total. The summed E-state index contributed by atoms with van der Waals surface area (Å²) in [6, 6.07) is 0. The molecule has 7 heteroatoms. The Labute approximate surface area is 101 Å². The maximum absolute atomic E-state index is 11.3. The second kappa shape index (κ2) is 6.00. The highest BCUT2D eigenvalue weighted by molar-refractivity contribution is 7.87. The summed E-state index contributed by atoms with van der Waals surface area (Å²) >= 11 is 0. The van der Waals surface area contributed by atoms with Crippen molar-refractivity contribution in [2.24, 2.45) is 5.41 Å². The lowest BCUT2D eigenvalue weighted by molar-refractivity contribution is -0.142. The highest BCUT2D eigenvalue weighted by Crippen LogP contribution is 2.17. The third-order valence-corrected chi connectivity index (χ3v) is 3.04. The molecule has 0 saturated heterocycles. The summed E-state index contributed by atoms with van der Waals surface area (Å²) in [6.45, 7) is 4.65. The second-order valence-corrected chi connectivity index (χ2v) is 6.42. The van der Waals surface area contributed by atoms with Gasteiger partial charge in [-0.2, -0.15) is 8.42 Å². The van der Waals surface area contributed by atoms with Gasteiger partial charge in [0.05, 0.1) is 11.2 Å². The van der Waals surface area contributed by atoms with E-state index in [1.807, 2.05) is 0 Å². The normalized spacial score (nSPS) is 12.2. The molecule has 0 atom stereocenters. The lowest BCUT2D eigenvalue weighted by Crippen LogP contribution is -2.27. The van der Waals surface area contributed by atoms with Crippen LogP contribution in [0.25, 0.3) is 0 Å². The molecule has 0 aliphatic carbocycles. The van der Waals surface area contributed by atoms with Gasteiger partial charge in [0, 0.05) is 6.42 Å². The van der Waals surface area contributed by atoms with Gasteiger partial charge >= 0.3 is 22.1 Å². The Morgan fingerprint density at radius 1 is 1.18 bits per heavy atom. The molecule has 0 rings (SSSR count). The number of carbonyl (C=O) groups is 2. The monoisotopic (exact) mass is 266 g/mol. The van der Waals surface area contributed by atoms with Crippen LogP contribution in [0.4, 0.5) is 0 Å². The quantitative estimate of drug-likeness (QED) is 0.572. The lowest BCUT2D eigenvalue weighted by Gasteiger charge is -2.15. The fourth-order valence-corrected chi connectivity index (χ4v) is 1.96. The summed E-state index contributed by atoms with van der Waals surface area (Å²) in [4.78, 5) is 21.5. The number of hydrogen-bond donors (Lipinski definition) is 1. The van der Waals surface area contributed by atoms with Crippen molar-refractivity contribution in [3.63, 3.8) is 0 Å². The van der Waals surface area contributed by atoms with Crippen molar-refractivity contribution in [3.05, 3.63) is 0 Å². The van der Waals surface area contributed by atoms with E-state index < -0.39 is 27.5 Å². The van der Waals surface area contributed by atoms with E-state index in [9.17, 15) is 18.0 Å². The number of aliphatic carboxylic acids is 1. The molecule has 0 aliphatic heterocycles. The van der Waals surface area contributed by atoms with E-state index in [4.69, 9.17) is 5.11 Å². The average molecular weight is 266 g/mol. The van der Waals surface area contributed by atoms with Gasteiger partial charge in [-0.15, -0.1) is 0 Å². The van der Waals surface area contributed by atoms with Crippen LogP contribution in [0.5, 0.6) is 0 Å². The average Bonchev–Trinajstić information content (AvgIpc) is 2.10. The van der Waals surface area contributed by atoms with Crippen molar-refractivity contribution in [1.82, 2.24) is 0 Å². The van der Waals surface area contributed by atoms with Crippen LogP contribution in [-0.2, 0) is 23.9 Å². The van der Waals surface area contributed by atoms with Crippen LogP contribution in [0.1, 0.15) is 40.0 Å². The first-order valence-electron chi connectivity index (χ1n) is 5.23. The molecule has 0 aliphatic rings. The molecule has 0 unspecified atom stereocenters. The van der Waals surface area contributed by atoms with E-state index in [2.05, 4.69) is 4.18 Å². The third-order valence-electron chi connectivity index (χ3n) is 1.85. The van der Waals surface area contributed by atoms with E-state index >= 15 is 0 Å². The van der Waals surface area contributed by atoms with Gasteiger partial charge in [0.2, 0.25) is 0 Å². The zero-order chi connectivity index (χ0) is 13.7. The molecule has 0 saturated carbocycles. The highest BCUT2D eigenvalue weighted by Gasteiger charge is 2.28. The van der Waals surface area contributed by atoms with Crippen molar-refractivity contribution in [2.45, 2.75) is 40.0 Å². The Hall–Kier alpha value is -1.11. The Morgan fingerprint density at radius 3 is 2.12 bits per heavy atom. The van der Waals surface area contributed by atoms with Gasteiger partial charge in [-0.25, -0.2) is 0 Å². The summed E-state index contributed by atoms with van der Waals surface area (Å²) in [5.74, 6) is -2.13. The van der Waals surface area contributed by atoms with E-state index in [0.717, 1.165) is 0 Å². The molecular weight excluding hydrogens is 248 g/mol. The SMILES string of the molecule is CC(C)(C)C(=O)OS(=O)(=O)CCCCC(=O)O. The minimum Gasteiger partial charge on any atom is -0.481 e. The largest absolute Gasteiger partial charge is 0.481 e. The zero-order valence-electron chi connectivity index (χ0n) is 10.2. The van der Waals surface area contributed by atoms with Crippen LogP contribution >= 0.6 is 0 Å². The topological polar surface area (TPSA) is 97.7 Å². The van der Waals surface area contributed by atoms with Crippen molar-refractivity contribution >= 4 is 22.1 Å². The molecule has 0 amide bonds. The Kier molecular flexibility index (Phi) is 5.60. The van der Waals surface area contributed by atoms with E-state index in [-0.39, 0.29) is 25.0 Å². The molecule has 0 aromatic carbocycles. The van der Waals surface area contributed by atoms with Crippen molar-refractivity contribution in [2.75, 3.05) is 5.75 Å². The molecule has 0 fully saturated rings. The van der Waals surface area contributed by atoms with Crippen molar-refractivity contribution in [3.8, 4) is 0 Å².